The summed E-state index contributed by atoms with van der Waals surface area (Å²) < 4.78 is 37.9. The molecule has 0 bridgehead atoms. The summed E-state index contributed by atoms with van der Waals surface area (Å²) in [5.41, 5.74) is 1.80. The summed E-state index contributed by atoms with van der Waals surface area (Å²) in [6.07, 6.45) is 4.39. The van der Waals surface area contributed by atoms with E-state index in [2.05, 4.69) is 15.1 Å². The molecule has 3 heterocycles. The van der Waals surface area contributed by atoms with Crippen LogP contribution >= 0.6 is 0 Å². The van der Waals surface area contributed by atoms with Gasteiger partial charge < -0.3 is 9.26 Å². The Balaban J connectivity index is 1.73. The van der Waals surface area contributed by atoms with Gasteiger partial charge in [-0.25, -0.2) is 14.4 Å². The van der Waals surface area contributed by atoms with Gasteiger partial charge in [0.15, 0.2) is 5.82 Å². The van der Waals surface area contributed by atoms with E-state index in [9.17, 15) is 8.78 Å². The standard InChI is InChI=1S/C19H17F2N5O2/c1-25-17(18-22-10-14(21)19(23-18)27-2)9-16(15-7-8-28-24-15)26(25)11-12-5-3-4-6-13(12)20/h3-10,17H,11H2,1-2H3. The molecular weight excluding hydrogens is 368 g/mol. The van der Waals surface area contributed by atoms with Crippen molar-refractivity contribution in [2.24, 2.45) is 0 Å². The van der Waals surface area contributed by atoms with Crippen molar-refractivity contribution >= 4 is 5.70 Å². The van der Waals surface area contributed by atoms with E-state index < -0.39 is 11.9 Å². The second-order valence-corrected chi connectivity index (χ2v) is 6.19. The fraction of sp³-hybridized carbons (Fsp3) is 0.211. The number of rotatable bonds is 5. The number of halogens is 2. The average molecular weight is 385 g/mol. The van der Waals surface area contributed by atoms with Gasteiger partial charge >= 0.3 is 0 Å². The minimum atomic E-state index is -0.643. The van der Waals surface area contributed by atoms with E-state index in [0.29, 0.717) is 22.8 Å². The smallest absolute Gasteiger partial charge is 0.253 e. The van der Waals surface area contributed by atoms with E-state index in [1.54, 1.807) is 24.3 Å². The highest BCUT2D eigenvalue weighted by molar-refractivity contribution is 5.63. The van der Waals surface area contributed by atoms with Crippen LogP contribution in [0.5, 0.6) is 5.88 Å². The Hall–Kier alpha value is -3.33. The number of aromatic nitrogens is 3. The summed E-state index contributed by atoms with van der Waals surface area (Å²) in [5.74, 6) is -0.741. The number of hydrogen-bond acceptors (Lipinski definition) is 7. The average Bonchev–Trinajstić information content (AvgIpc) is 3.33. The molecule has 0 spiro atoms. The lowest BCUT2D eigenvalue weighted by Crippen LogP contribution is -2.35. The predicted octanol–water partition coefficient (Wildman–Crippen LogP) is 3.20. The molecule has 1 atom stereocenters. The highest BCUT2D eigenvalue weighted by Crippen LogP contribution is 2.37. The topological polar surface area (TPSA) is 67.5 Å². The highest BCUT2D eigenvalue weighted by atomic mass is 19.1. The number of benzene rings is 1. The number of ether oxygens (including phenoxy) is 1. The monoisotopic (exact) mass is 385 g/mol. The summed E-state index contributed by atoms with van der Waals surface area (Å²) in [6, 6.07) is 7.84. The van der Waals surface area contributed by atoms with Crippen LogP contribution in [0.15, 0.2) is 53.4 Å². The van der Waals surface area contributed by atoms with Crippen LogP contribution in [0.4, 0.5) is 8.78 Å². The van der Waals surface area contributed by atoms with Gasteiger partial charge in [0.2, 0.25) is 5.82 Å². The van der Waals surface area contributed by atoms with Gasteiger partial charge in [0.1, 0.15) is 23.8 Å². The van der Waals surface area contributed by atoms with E-state index in [0.717, 1.165) is 6.20 Å². The van der Waals surface area contributed by atoms with Gasteiger partial charge in [-0.3, -0.25) is 5.01 Å². The predicted molar refractivity (Wildman–Crippen MR) is 95.5 cm³/mol. The van der Waals surface area contributed by atoms with Gasteiger partial charge in [0, 0.05) is 18.7 Å². The Morgan fingerprint density at radius 3 is 2.71 bits per heavy atom. The van der Waals surface area contributed by atoms with Crippen molar-refractivity contribution in [3.05, 3.63) is 77.6 Å². The third-order valence-electron chi connectivity index (χ3n) is 4.54. The molecule has 2 aromatic heterocycles. The Bertz CT molecular complexity index is 1010. The zero-order chi connectivity index (χ0) is 19.7. The number of nitrogens with zero attached hydrogens (tertiary/aromatic N) is 5. The molecule has 0 amide bonds. The lowest BCUT2D eigenvalue weighted by molar-refractivity contribution is 0.0435. The molecular formula is C19H17F2N5O2. The first-order chi connectivity index (χ1) is 13.6. The summed E-state index contributed by atoms with van der Waals surface area (Å²) in [5, 5.41) is 7.68. The SMILES string of the molecule is COc1nc(C2C=C(c3ccon3)N(Cc3ccccc3F)N2C)ncc1F. The molecule has 3 aromatic rings. The van der Waals surface area contributed by atoms with Crippen molar-refractivity contribution in [2.75, 3.05) is 14.2 Å². The van der Waals surface area contributed by atoms with Crippen molar-refractivity contribution in [2.45, 2.75) is 12.6 Å². The molecule has 144 valence electrons. The minimum absolute atomic E-state index is 0.137. The first-order valence-electron chi connectivity index (χ1n) is 8.51. The van der Waals surface area contributed by atoms with E-state index in [4.69, 9.17) is 9.26 Å². The largest absolute Gasteiger partial charge is 0.479 e. The van der Waals surface area contributed by atoms with Crippen molar-refractivity contribution in [3.63, 3.8) is 0 Å². The van der Waals surface area contributed by atoms with Crippen LogP contribution in [0.25, 0.3) is 5.70 Å². The molecule has 0 radical (unpaired) electrons. The second kappa shape index (κ2) is 7.35. The number of hydrazine groups is 1. The second-order valence-electron chi connectivity index (χ2n) is 6.19. The van der Waals surface area contributed by atoms with Crippen LogP contribution in [0, 0.1) is 11.6 Å². The van der Waals surface area contributed by atoms with Crippen LogP contribution in [0.1, 0.15) is 23.1 Å². The zero-order valence-electron chi connectivity index (χ0n) is 15.2. The fourth-order valence-corrected chi connectivity index (χ4v) is 3.10. The van der Waals surface area contributed by atoms with Gasteiger partial charge in [0.05, 0.1) is 25.5 Å². The third-order valence-corrected chi connectivity index (χ3v) is 4.54. The molecule has 0 aliphatic carbocycles. The van der Waals surface area contributed by atoms with Crippen LogP contribution in [0.2, 0.25) is 0 Å². The Morgan fingerprint density at radius 1 is 1.18 bits per heavy atom. The summed E-state index contributed by atoms with van der Waals surface area (Å²) in [6.45, 7) is 0.261. The van der Waals surface area contributed by atoms with E-state index in [1.807, 2.05) is 23.1 Å². The zero-order valence-corrected chi connectivity index (χ0v) is 15.2. The first kappa shape index (κ1) is 18.1. The molecule has 0 saturated heterocycles. The lowest BCUT2D eigenvalue weighted by Gasteiger charge is -2.31. The van der Waals surface area contributed by atoms with E-state index in [-0.39, 0.29) is 18.2 Å². The van der Waals surface area contributed by atoms with E-state index >= 15 is 0 Å². The molecule has 0 saturated carbocycles. The van der Waals surface area contributed by atoms with Crippen LogP contribution in [-0.4, -0.2) is 39.3 Å². The molecule has 28 heavy (non-hydrogen) atoms. The molecule has 1 aromatic carbocycles. The van der Waals surface area contributed by atoms with Crippen molar-refractivity contribution in [1.82, 2.24) is 25.1 Å². The Morgan fingerprint density at radius 2 is 2.00 bits per heavy atom. The normalized spacial score (nSPS) is 17.1. The molecule has 0 N–H and O–H groups in total. The first-order valence-corrected chi connectivity index (χ1v) is 8.51. The van der Waals surface area contributed by atoms with Gasteiger partial charge in [-0.2, -0.15) is 9.37 Å². The molecule has 1 unspecified atom stereocenters. The molecule has 1 aliphatic rings. The summed E-state index contributed by atoms with van der Waals surface area (Å²) >= 11 is 0. The van der Waals surface area contributed by atoms with Gasteiger partial charge in [-0.1, -0.05) is 23.4 Å². The number of hydrogen-bond donors (Lipinski definition) is 0. The van der Waals surface area contributed by atoms with Crippen molar-refractivity contribution in [3.8, 4) is 5.88 Å². The fourth-order valence-electron chi connectivity index (χ4n) is 3.10. The van der Waals surface area contributed by atoms with Crippen LogP contribution in [0.3, 0.4) is 0 Å². The summed E-state index contributed by atoms with van der Waals surface area (Å²) in [4.78, 5) is 8.26. The maximum absolute atomic E-state index is 14.2. The van der Waals surface area contributed by atoms with E-state index in [1.165, 1.54) is 19.4 Å². The summed E-state index contributed by atoms with van der Waals surface area (Å²) in [7, 11) is 3.16. The van der Waals surface area contributed by atoms with Crippen LogP contribution in [-0.2, 0) is 6.54 Å². The Labute approximate surface area is 159 Å². The van der Waals surface area contributed by atoms with Gasteiger partial charge in [-0.15, -0.1) is 0 Å². The molecule has 7 nitrogen and oxygen atoms in total. The van der Waals surface area contributed by atoms with Crippen molar-refractivity contribution < 1.29 is 18.0 Å². The molecule has 1 aliphatic heterocycles. The van der Waals surface area contributed by atoms with Gasteiger partial charge in [0.25, 0.3) is 5.88 Å². The third kappa shape index (κ3) is 3.20. The Kier molecular flexibility index (Phi) is 4.74. The highest BCUT2D eigenvalue weighted by Gasteiger charge is 2.34. The molecule has 9 heteroatoms. The lowest BCUT2D eigenvalue weighted by atomic mass is 10.2. The number of methoxy groups -OCH3 is 1. The molecule has 0 fully saturated rings. The maximum Gasteiger partial charge on any atom is 0.253 e. The molecule has 4 rings (SSSR count). The maximum atomic E-state index is 14.2. The van der Waals surface area contributed by atoms with Crippen molar-refractivity contribution in [1.29, 1.82) is 0 Å². The number of likely N-dealkylation sites (N-methyl/N-ethyl adjacent to an activating group) is 1. The minimum Gasteiger partial charge on any atom is -0.479 e. The van der Waals surface area contributed by atoms with Crippen LogP contribution < -0.4 is 4.74 Å². The quantitative estimate of drug-likeness (QED) is 0.668. The van der Waals surface area contributed by atoms with Gasteiger partial charge in [-0.05, 0) is 12.1 Å².